The molecule has 0 spiro atoms. The van der Waals surface area contributed by atoms with Crippen molar-refractivity contribution in [3.05, 3.63) is 41.5 Å². The number of rotatable bonds is 3. The minimum atomic E-state index is -1.25. The van der Waals surface area contributed by atoms with Gasteiger partial charge in [-0.1, -0.05) is 71.9 Å². The van der Waals surface area contributed by atoms with Crippen LogP contribution in [0.15, 0.2) is 30.3 Å². The van der Waals surface area contributed by atoms with Gasteiger partial charge >= 0.3 is 0 Å². The molecule has 1 aromatic rings. The number of fused-ring (bicyclic) bond motifs is 4. The third kappa shape index (κ3) is 10.2. The average Bonchev–Trinajstić information content (AvgIpc) is 2.99. The first kappa shape index (κ1) is 36.4. The molecular weight excluding hydrogens is 586 g/mol. The van der Waals surface area contributed by atoms with E-state index in [-0.39, 0.29) is 40.8 Å². The molecule has 4 N–H and O–H groups in total. The predicted octanol–water partition coefficient (Wildman–Crippen LogP) is 4.25. The van der Waals surface area contributed by atoms with E-state index >= 15 is 0 Å². The Morgan fingerprint density at radius 3 is 2.29 bits per heavy atom. The van der Waals surface area contributed by atoms with Crippen LogP contribution in [-0.2, 0) is 23.6 Å². The summed E-state index contributed by atoms with van der Waals surface area (Å²) < 4.78 is 6.60. The monoisotopic (exact) mass is 640 g/mol. The standard InChI is InChI=1S/C34H54N5O5Si/c1-21(2)29-32(42)36-24(5)33(43)39-19-13-17-27(38-39)31(41)35-23(4)26-16-12-15-25(20-26)14-10-11-18-28(22(3)30(40)37-29)44-45(9)34(6,7)8/h10,12,14-16,20-24,27-29,38H,11,13,17-19H2,1-9H3,(H,35,41)(H,36,42)(H,37,40)/b14-10+/t22-,23-,24+,27+,28-,29?/m1/s1. The highest BCUT2D eigenvalue weighted by atomic mass is 28.3. The van der Waals surface area contributed by atoms with E-state index in [1.54, 1.807) is 6.92 Å². The normalized spacial score (nSPS) is 28.9. The number of allylic oxidation sites excluding steroid dienone is 1. The quantitative estimate of drug-likeness (QED) is 0.366. The summed E-state index contributed by atoms with van der Waals surface area (Å²) in [5.41, 5.74) is 5.06. The Bertz CT molecular complexity index is 1230. The van der Waals surface area contributed by atoms with Gasteiger partial charge in [-0.3, -0.25) is 24.2 Å². The molecule has 1 aromatic carbocycles. The van der Waals surface area contributed by atoms with Gasteiger partial charge in [0, 0.05) is 6.54 Å². The number of hydrogen-bond acceptors (Lipinski definition) is 6. The first-order valence-electron chi connectivity index (χ1n) is 16.3. The van der Waals surface area contributed by atoms with Crippen LogP contribution < -0.4 is 21.4 Å². The fraction of sp³-hybridized carbons (Fsp3) is 0.647. The Morgan fingerprint density at radius 2 is 1.62 bits per heavy atom. The van der Waals surface area contributed by atoms with Crippen LogP contribution in [0.25, 0.3) is 6.08 Å². The van der Waals surface area contributed by atoms with E-state index in [1.165, 1.54) is 5.01 Å². The molecule has 10 nitrogen and oxygen atoms in total. The SMILES string of the molecule is CC(C)C1NC(=O)[C@H](C)[C@H](O[Si](C)C(C)(C)C)CC/C=C/c2cccc(c2)[C@@H](C)NC(=O)[C@@H]2CCCN(N2)C(=O)[C@H](C)NC1=O. The average molecular weight is 641 g/mol. The highest BCUT2D eigenvalue weighted by Gasteiger charge is 2.36. The molecule has 2 aliphatic heterocycles. The van der Waals surface area contributed by atoms with Gasteiger partial charge in [-0.05, 0) is 74.2 Å². The second-order valence-electron chi connectivity index (χ2n) is 13.9. The summed E-state index contributed by atoms with van der Waals surface area (Å²) in [5, 5.41) is 10.3. The molecule has 0 aromatic heterocycles. The van der Waals surface area contributed by atoms with Crippen molar-refractivity contribution in [3.63, 3.8) is 0 Å². The summed E-state index contributed by atoms with van der Waals surface area (Å²) in [6.07, 6.45) is 6.40. The predicted molar refractivity (Wildman–Crippen MR) is 179 cm³/mol. The zero-order chi connectivity index (χ0) is 33.5. The van der Waals surface area contributed by atoms with E-state index in [0.717, 1.165) is 11.1 Å². The van der Waals surface area contributed by atoms with E-state index in [1.807, 2.05) is 45.9 Å². The zero-order valence-corrected chi connectivity index (χ0v) is 29.5. The lowest BCUT2D eigenvalue weighted by Gasteiger charge is -2.35. The zero-order valence-electron chi connectivity index (χ0n) is 28.5. The van der Waals surface area contributed by atoms with Gasteiger partial charge in [-0.2, -0.15) is 0 Å². The second kappa shape index (κ2) is 16.0. The fourth-order valence-electron chi connectivity index (χ4n) is 5.35. The van der Waals surface area contributed by atoms with Crippen molar-refractivity contribution in [1.29, 1.82) is 0 Å². The molecule has 1 saturated heterocycles. The van der Waals surface area contributed by atoms with Crippen molar-refractivity contribution in [2.75, 3.05) is 6.54 Å². The third-order valence-electron chi connectivity index (χ3n) is 8.80. The Kier molecular flexibility index (Phi) is 13.0. The van der Waals surface area contributed by atoms with E-state index in [4.69, 9.17) is 4.43 Å². The number of benzene rings is 1. The van der Waals surface area contributed by atoms with E-state index < -0.39 is 39.0 Å². The molecule has 0 saturated carbocycles. The van der Waals surface area contributed by atoms with Crippen LogP contribution >= 0.6 is 0 Å². The number of carbonyl (C=O) groups is 4. The molecule has 3 rings (SSSR count). The third-order valence-corrected chi connectivity index (χ3v) is 11.6. The fourth-order valence-corrected chi connectivity index (χ4v) is 6.48. The lowest BCUT2D eigenvalue weighted by Crippen LogP contribution is -2.62. The van der Waals surface area contributed by atoms with Gasteiger partial charge in [-0.15, -0.1) is 0 Å². The van der Waals surface area contributed by atoms with Gasteiger partial charge in [-0.25, -0.2) is 5.43 Å². The van der Waals surface area contributed by atoms with Crippen LogP contribution in [0.4, 0.5) is 0 Å². The van der Waals surface area contributed by atoms with Gasteiger partial charge < -0.3 is 20.4 Å². The molecular formula is C34H54N5O5Si. The number of nitrogens with one attached hydrogen (secondary N) is 4. The van der Waals surface area contributed by atoms with Crippen molar-refractivity contribution in [2.45, 2.75) is 123 Å². The van der Waals surface area contributed by atoms with Gasteiger partial charge in [0.15, 0.2) is 0 Å². The first-order valence-corrected chi connectivity index (χ1v) is 18.2. The van der Waals surface area contributed by atoms with Gasteiger partial charge in [0.25, 0.3) is 5.91 Å². The Labute approximate surface area is 271 Å². The first-order chi connectivity index (χ1) is 21.1. The number of carbonyl (C=O) groups excluding carboxylic acids is 4. The van der Waals surface area contributed by atoms with Crippen molar-refractivity contribution in [2.24, 2.45) is 11.8 Å². The molecule has 249 valence electrons. The van der Waals surface area contributed by atoms with Crippen LogP contribution in [0, 0.1) is 11.8 Å². The van der Waals surface area contributed by atoms with Crippen molar-refractivity contribution < 1.29 is 23.6 Å². The molecule has 4 amide bonds. The highest BCUT2D eigenvalue weighted by molar-refractivity contribution is 6.53. The van der Waals surface area contributed by atoms with Crippen molar-refractivity contribution >= 4 is 38.7 Å². The maximum Gasteiger partial charge on any atom is 0.258 e. The molecule has 2 aliphatic rings. The lowest BCUT2D eigenvalue weighted by molar-refractivity contribution is -0.143. The number of hydrazine groups is 1. The number of nitrogens with zero attached hydrogens (tertiary/aromatic N) is 1. The summed E-state index contributed by atoms with van der Waals surface area (Å²) in [7, 11) is -1.25. The minimum absolute atomic E-state index is 0.0175. The summed E-state index contributed by atoms with van der Waals surface area (Å²) in [6, 6.07) is 5.55. The van der Waals surface area contributed by atoms with Crippen LogP contribution in [0.3, 0.4) is 0 Å². The molecule has 0 aliphatic carbocycles. The molecule has 1 fully saturated rings. The van der Waals surface area contributed by atoms with E-state index in [2.05, 4.69) is 66.9 Å². The second-order valence-corrected chi connectivity index (χ2v) is 16.8. The largest absolute Gasteiger partial charge is 0.413 e. The van der Waals surface area contributed by atoms with Gasteiger partial charge in [0.1, 0.15) is 18.1 Å². The van der Waals surface area contributed by atoms with Crippen LogP contribution in [0.5, 0.6) is 0 Å². The lowest BCUT2D eigenvalue weighted by atomic mass is 9.96. The van der Waals surface area contributed by atoms with Crippen LogP contribution in [0.1, 0.15) is 98.2 Å². The minimum Gasteiger partial charge on any atom is -0.413 e. The highest BCUT2D eigenvalue weighted by Crippen LogP contribution is 2.30. The van der Waals surface area contributed by atoms with Gasteiger partial charge in [0.05, 0.1) is 18.1 Å². The molecule has 11 heteroatoms. The van der Waals surface area contributed by atoms with Crippen molar-refractivity contribution in [1.82, 2.24) is 26.4 Å². The number of hydrogen-bond donors (Lipinski definition) is 4. The maximum atomic E-state index is 13.6. The van der Waals surface area contributed by atoms with Crippen LogP contribution in [0.2, 0.25) is 11.6 Å². The Hall–Kier alpha value is -3.02. The van der Waals surface area contributed by atoms with E-state index in [9.17, 15) is 19.2 Å². The van der Waals surface area contributed by atoms with Crippen LogP contribution in [-0.4, -0.2) is 68.5 Å². The smallest absolute Gasteiger partial charge is 0.258 e. The molecule has 6 atom stereocenters. The van der Waals surface area contributed by atoms with Crippen molar-refractivity contribution in [3.8, 4) is 0 Å². The summed E-state index contributed by atoms with van der Waals surface area (Å²) in [4.78, 5) is 53.6. The van der Waals surface area contributed by atoms with E-state index in [0.29, 0.717) is 32.2 Å². The summed E-state index contributed by atoms with van der Waals surface area (Å²) in [6.45, 7) is 18.2. The summed E-state index contributed by atoms with van der Waals surface area (Å²) >= 11 is 0. The van der Waals surface area contributed by atoms with Gasteiger partial charge in [0.2, 0.25) is 26.8 Å². The number of amides is 4. The molecule has 2 heterocycles. The Morgan fingerprint density at radius 1 is 0.933 bits per heavy atom. The molecule has 1 radical (unpaired) electrons. The Balaban J connectivity index is 1.93. The summed E-state index contributed by atoms with van der Waals surface area (Å²) in [5.74, 6) is -1.91. The topological polar surface area (TPSA) is 129 Å². The molecule has 4 bridgehead atoms. The maximum absolute atomic E-state index is 13.6. The molecule has 1 unspecified atom stereocenters. The molecule has 45 heavy (non-hydrogen) atoms.